The summed E-state index contributed by atoms with van der Waals surface area (Å²) >= 11 is 0. The van der Waals surface area contributed by atoms with Gasteiger partial charge in [0.25, 0.3) is 0 Å². The molecular weight excluding hydrogens is 615 g/mol. The number of anilines is 2. The van der Waals surface area contributed by atoms with Gasteiger partial charge in [0.1, 0.15) is 0 Å². The van der Waals surface area contributed by atoms with Gasteiger partial charge in [0.05, 0.1) is 11.4 Å². The van der Waals surface area contributed by atoms with Crippen LogP contribution in [0.25, 0.3) is 60.5 Å². The van der Waals surface area contributed by atoms with E-state index in [1.54, 1.807) is 0 Å². The number of rotatable bonds is 7. The Morgan fingerprint density at radius 3 is 1.80 bits per heavy atom. The zero-order valence-corrected chi connectivity index (χ0v) is 28.0. The lowest BCUT2D eigenvalue weighted by molar-refractivity contribution is 1.22. The van der Waals surface area contributed by atoms with E-state index in [2.05, 4.69) is 210 Å². The topological polar surface area (TPSA) is 3.24 Å². The van der Waals surface area contributed by atoms with E-state index in [0.29, 0.717) is 0 Å². The normalized spacial score (nSPS) is 12.2. The quantitative estimate of drug-likeness (QED) is 0.156. The number of nitrogens with zero attached hydrogens (tertiary/aromatic N) is 1. The van der Waals surface area contributed by atoms with Crippen LogP contribution in [0.4, 0.5) is 11.4 Å². The molecule has 8 aromatic rings. The van der Waals surface area contributed by atoms with Crippen LogP contribution in [0.2, 0.25) is 0 Å². The number of allylic oxidation sites excluding steroid dienone is 3. The Kier molecular flexibility index (Phi) is 7.82. The van der Waals surface area contributed by atoms with Crippen LogP contribution in [0.3, 0.4) is 0 Å². The molecule has 0 amide bonds. The minimum atomic E-state index is 1.01. The molecule has 0 N–H and O–H groups in total. The minimum Gasteiger partial charge on any atom is -0.309 e. The molecular formula is C50H33N. The van der Waals surface area contributed by atoms with Gasteiger partial charge >= 0.3 is 0 Å². The molecule has 1 aliphatic rings. The summed E-state index contributed by atoms with van der Waals surface area (Å²) in [6.07, 6.45) is 4.26. The average Bonchev–Trinajstić information content (AvgIpc) is 3.22. The van der Waals surface area contributed by atoms with Gasteiger partial charge in [-0.2, -0.15) is 0 Å². The van der Waals surface area contributed by atoms with Crippen molar-refractivity contribution in [3.05, 3.63) is 223 Å². The first kappa shape index (κ1) is 30.2. The Balaban J connectivity index is 1.14. The second-order valence-corrected chi connectivity index (χ2v) is 12.8. The Hall–Kier alpha value is -6.88. The lowest BCUT2D eigenvalue weighted by Crippen LogP contribution is -2.16. The fourth-order valence-electron chi connectivity index (χ4n) is 7.14. The predicted octanol–water partition coefficient (Wildman–Crippen LogP) is 13.4. The smallest absolute Gasteiger partial charge is 0.0558 e. The lowest BCUT2D eigenvalue weighted by Gasteiger charge is -2.28. The molecule has 0 heterocycles. The van der Waals surface area contributed by atoms with Gasteiger partial charge in [-0.25, -0.2) is 0 Å². The minimum absolute atomic E-state index is 1.01. The van der Waals surface area contributed by atoms with E-state index in [-0.39, 0.29) is 0 Å². The fourth-order valence-corrected chi connectivity index (χ4v) is 7.14. The first-order valence-electron chi connectivity index (χ1n) is 17.3. The Bertz CT molecular complexity index is 2680. The first-order chi connectivity index (χ1) is 25.3. The summed E-state index contributed by atoms with van der Waals surface area (Å²) in [5.74, 6) is 0. The maximum absolute atomic E-state index is 3.40. The summed E-state index contributed by atoms with van der Waals surface area (Å²) in [5.41, 5.74) is 19.3. The van der Waals surface area contributed by atoms with E-state index >= 15 is 0 Å². The molecule has 0 radical (unpaired) electrons. The largest absolute Gasteiger partial charge is 0.309 e. The average molecular weight is 648 g/mol. The van der Waals surface area contributed by atoms with Gasteiger partial charge in [0.15, 0.2) is 0 Å². The summed E-state index contributed by atoms with van der Waals surface area (Å²) in [4.78, 5) is 2.34. The maximum Gasteiger partial charge on any atom is 0.0558 e. The standard InChI is InChI=1S/C50H33N/c1-3-14-38(15-4-1)47-32-29-44(35-49(47)40-16-5-2-6-17-40)37-27-30-45(31-28-37)51(50-24-12-20-39-18-9-10-23-48(39)50)46-22-11-21-42(34-46)43-26-25-36-13-7-8-19-41(36)33-43/h1-10,12-20,22-35H. The van der Waals surface area contributed by atoms with E-state index in [9.17, 15) is 0 Å². The second kappa shape index (κ2) is 13.2. The van der Waals surface area contributed by atoms with Crippen molar-refractivity contribution >= 4 is 38.5 Å². The van der Waals surface area contributed by atoms with Crippen molar-refractivity contribution in [1.82, 2.24) is 0 Å². The highest BCUT2D eigenvalue weighted by molar-refractivity contribution is 5.98. The second-order valence-electron chi connectivity index (χ2n) is 12.8. The summed E-state index contributed by atoms with van der Waals surface area (Å²) in [7, 11) is 0. The first-order valence-corrected chi connectivity index (χ1v) is 17.3. The Labute approximate surface area is 298 Å². The zero-order valence-electron chi connectivity index (χ0n) is 28.0. The molecule has 0 aliphatic heterocycles. The molecule has 1 aliphatic carbocycles. The molecule has 0 atom stereocenters. The number of fused-ring (bicyclic) bond motifs is 2. The molecule has 0 saturated heterocycles. The Morgan fingerprint density at radius 2 is 1.02 bits per heavy atom. The van der Waals surface area contributed by atoms with E-state index in [0.717, 1.165) is 28.2 Å². The molecule has 238 valence electrons. The summed E-state index contributed by atoms with van der Waals surface area (Å²) in [6.45, 7) is 0. The monoisotopic (exact) mass is 647 g/mol. The van der Waals surface area contributed by atoms with E-state index in [1.807, 2.05) is 6.08 Å². The van der Waals surface area contributed by atoms with Crippen molar-refractivity contribution in [2.75, 3.05) is 4.90 Å². The van der Waals surface area contributed by atoms with Crippen molar-refractivity contribution in [3.8, 4) is 33.4 Å². The van der Waals surface area contributed by atoms with Gasteiger partial charge in [0.2, 0.25) is 0 Å². The molecule has 9 rings (SSSR count). The van der Waals surface area contributed by atoms with Gasteiger partial charge in [-0.3, -0.25) is 0 Å². The van der Waals surface area contributed by atoms with Crippen molar-refractivity contribution in [2.45, 2.75) is 0 Å². The van der Waals surface area contributed by atoms with Gasteiger partial charge in [-0.15, -0.1) is 0 Å². The van der Waals surface area contributed by atoms with Crippen LogP contribution in [0, 0.1) is 0 Å². The lowest BCUT2D eigenvalue weighted by atomic mass is 9.91. The zero-order chi connectivity index (χ0) is 34.0. The van der Waals surface area contributed by atoms with Crippen molar-refractivity contribution in [2.24, 2.45) is 0 Å². The number of benzene rings is 8. The predicted molar refractivity (Wildman–Crippen MR) is 216 cm³/mol. The number of hydrogen-bond acceptors (Lipinski definition) is 1. The third-order valence-electron chi connectivity index (χ3n) is 9.69. The van der Waals surface area contributed by atoms with Crippen LogP contribution < -0.4 is 4.90 Å². The highest BCUT2D eigenvalue weighted by atomic mass is 15.1. The third-order valence-corrected chi connectivity index (χ3v) is 9.69. The summed E-state index contributed by atoms with van der Waals surface area (Å²) in [5, 5.41) is 4.82. The molecule has 51 heavy (non-hydrogen) atoms. The van der Waals surface area contributed by atoms with Crippen LogP contribution in [0.1, 0.15) is 5.56 Å². The van der Waals surface area contributed by atoms with Crippen LogP contribution in [-0.2, 0) is 0 Å². The van der Waals surface area contributed by atoms with Crippen molar-refractivity contribution in [3.63, 3.8) is 0 Å². The number of hydrogen-bond donors (Lipinski definition) is 0. The van der Waals surface area contributed by atoms with Gasteiger partial charge in [-0.05, 0) is 91.5 Å². The van der Waals surface area contributed by atoms with Crippen molar-refractivity contribution in [1.29, 1.82) is 0 Å². The SMILES string of the molecule is C1=C=C(c2ccc3ccccc3c2)C=C(N(c2ccc(-c3ccc(-c4ccccc4)c(-c4ccccc4)c3)cc2)c2cccc3ccccc23)C=1. The van der Waals surface area contributed by atoms with Gasteiger partial charge in [0, 0.05) is 22.7 Å². The fraction of sp³-hybridized carbons (Fsp3) is 0. The molecule has 8 aromatic carbocycles. The van der Waals surface area contributed by atoms with Gasteiger partial charge < -0.3 is 4.90 Å². The van der Waals surface area contributed by atoms with E-state index in [4.69, 9.17) is 0 Å². The summed E-state index contributed by atoms with van der Waals surface area (Å²) in [6, 6.07) is 67.3. The highest BCUT2D eigenvalue weighted by Crippen LogP contribution is 2.40. The van der Waals surface area contributed by atoms with Crippen LogP contribution >= 0.6 is 0 Å². The Morgan fingerprint density at radius 1 is 0.392 bits per heavy atom. The van der Waals surface area contributed by atoms with E-state index < -0.39 is 0 Å². The molecule has 0 spiro atoms. The summed E-state index contributed by atoms with van der Waals surface area (Å²) < 4.78 is 0. The third kappa shape index (κ3) is 5.90. The van der Waals surface area contributed by atoms with Crippen LogP contribution in [-0.4, -0.2) is 0 Å². The van der Waals surface area contributed by atoms with Crippen molar-refractivity contribution < 1.29 is 0 Å². The molecule has 1 nitrogen and oxygen atoms in total. The molecule has 0 fully saturated rings. The molecule has 0 unspecified atom stereocenters. The highest BCUT2D eigenvalue weighted by Gasteiger charge is 2.19. The van der Waals surface area contributed by atoms with Crippen LogP contribution in [0.15, 0.2) is 217 Å². The van der Waals surface area contributed by atoms with Gasteiger partial charge in [-0.1, -0.05) is 169 Å². The molecule has 1 heteroatoms. The molecule has 0 bridgehead atoms. The molecule has 0 saturated carbocycles. The van der Waals surface area contributed by atoms with Crippen LogP contribution in [0.5, 0.6) is 0 Å². The maximum atomic E-state index is 3.40. The molecule has 0 aromatic heterocycles. The van der Waals surface area contributed by atoms with E-state index in [1.165, 1.54) is 54.9 Å².